The summed E-state index contributed by atoms with van der Waals surface area (Å²) >= 11 is 0. The van der Waals surface area contributed by atoms with Crippen LogP contribution in [0.15, 0.2) is 0 Å². The van der Waals surface area contributed by atoms with Gasteiger partial charge in [0, 0.05) is 12.8 Å². The highest BCUT2D eigenvalue weighted by Gasteiger charge is 2.17. The molecule has 0 amide bonds. The molecule has 19 heavy (non-hydrogen) atoms. The average Bonchev–Trinajstić information content (AvgIpc) is 2.30. The van der Waals surface area contributed by atoms with Crippen LogP contribution in [0, 0.1) is 12.3 Å². The maximum Gasteiger partial charge on any atom is 0.129 e. The van der Waals surface area contributed by atoms with Crippen molar-refractivity contribution in [1.29, 1.82) is 0 Å². The third-order valence-corrected chi connectivity index (χ3v) is 2.93. The van der Waals surface area contributed by atoms with Gasteiger partial charge in [-0.15, -0.1) is 12.3 Å². The summed E-state index contributed by atoms with van der Waals surface area (Å²) in [5.41, 5.74) is -0.635. The van der Waals surface area contributed by atoms with Gasteiger partial charge in [-0.1, -0.05) is 46.0 Å². The van der Waals surface area contributed by atoms with Crippen molar-refractivity contribution >= 4 is 5.78 Å². The predicted octanol–water partition coefficient (Wildman–Crippen LogP) is 4.50. The molecule has 0 bridgehead atoms. The third kappa shape index (κ3) is 19.7. The van der Waals surface area contributed by atoms with E-state index < -0.39 is 5.60 Å². The monoisotopic (exact) mass is 268 g/mol. The molecule has 0 saturated carbocycles. The average molecular weight is 268 g/mol. The van der Waals surface area contributed by atoms with Crippen LogP contribution in [-0.2, 0) is 4.79 Å². The third-order valence-electron chi connectivity index (χ3n) is 2.93. The molecule has 0 saturated heterocycles. The van der Waals surface area contributed by atoms with Crippen LogP contribution in [0.4, 0.5) is 0 Å². The highest BCUT2D eigenvalue weighted by Crippen LogP contribution is 2.17. The molecule has 0 spiro atoms. The Bertz CT molecular complexity index is 248. The van der Waals surface area contributed by atoms with Crippen molar-refractivity contribution in [3.8, 4) is 12.3 Å². The zero-order chi connectivity index (χ0) is 15.1. The fraction of sp³-hybridized carbons (Fsp3) is 0.824. The highest BCUT2D eigenvalue weighted by molar-refractivity contribution is 5.75. The van der Waals surface area contributed by atoms with Crippen LogP contribution in [0.25, 0.3) is 0 Å². The largest absolute Gasteiger partial charge is 0.389 e. The molecule has 0 aromatic heterocycles. The molecule has 1 atom stereocenters. The van der Waals surface area contributed by atoms with Crippen LogP contribution in [0.5, 0.6) is 0 Å². The molecule has 2 heteroatoms. The van der Waals surface area contributed by atoms with E-state index in [0.717, 1.165) is 25.7 Å². The lowest BCUT2D eigenvalue weighted by Crippen LogP contribution is -2.22. The van der Waals surface area contributed by atoms with E-state index in [0.29, 0.717) is 12.2 Å². The van der Waals surface area contributed by atoms with E-state index in [1.807, 2.05) is 6.92 Å². The zero-order valence-corrected chi connectivity index (χ0v) is 13.3. The first-order valence-electron chi connectivity index (χ1n) is 7.54. The molecule has 0 aromatic rings. The van der Waals surface area contributed by atoms with Crippen molar-refractivity contribution in [2.75, 3.05) is 0 Å². The molecule has 2 nitrogen and oxygen atoms in total. The molecule has 0 aliphatic rings. The Hall–Kier alpha value is -0.810. The molecule has 112 valence electrons. The van der Waals surface area contributed by atoms with Crippen molar-refractivity contribution in [2.45, 2.75) is 91.1 Å². The molecule has 1 unspecified atom stereocenters. The Morgan fingerprint density at radius 3 is 2.11 bits per heavy atom. The van der Waals surface area contributed by atoms with Crippen LogP contribution >= 0.6 is 0 Å². The summed E-state index contributed by atoms with van der Waals surface area (Å²) in [6.07, 6.45) is 14.1. The number of terminal acetylenes is 1. The van der Waals surface area contributed by atoms with Gasteiger partial charge in [-0.05, 0) is 26.7 Å². The minimum absolute atomic E-state index is 0.318. The number of hydrogen-bond acceptors (Lipinski definition) is 2. The first kappa shape index (κ1) is 20.5. The number of ketones is 1. The van der Waals surface area contributed by atoms with Crippen LogP contribution < -0.4 is 0 Å². The summed E-state index contributed by atoms with van der Waals surface area (Å²) in [6.45, 7) is 7.74. The SMILES string of the molecule is C#CCC(C)(O)CCCCC.CCCCCC(C)=O. The van der Waals surface area contributed by atoms with Crippen LogP contribution in [-0.4, -0.2) is 16.5 Å². The summed E-state index contributed by atoms with van der Waals surface area (Å²) in [7, 11) is 0. The van der Waals surface area contributed by atoms with Crippen molar-refractivity contribution in [1.82, 2.24) is 0 Å². The minimum Gasteiger partial charge on any atom is -0.389 e. The lowest BCUT2D eigenvalue weighted by molar-refractivity contribution is -0.117. The first-order valence-corrected chi connectivity index (χ1v) is 7.54. The van der Waals surface area contributed by atoms with E-state index in [2.05, 4.69) is 19.8 Å². The smallest absolute Gasteiger partial charge is 0.129 e. The predicted molar refractivity (Wildman–Crippen MR) is 83.0 cm³/mol. The molecule has 0 radical (unpaired) electrons. The summed E-state index contributed by atoms with van der Waals surface area (Å²) < 4.78 is 0. The van der Waals surface area contributed by atoms with Gasteiger partial charge in [-0.3, -0.25) is 0 Å². The number of carbonyl (C=O) groups excluding carboxylic acids is 1. The second kappa shape index (κ2) is 13.6. The lowest BCUT2D eigenvalue weighted by Gasteiger charge is -2.19. The number of aliphatic hydroxyl groups is 1. The molecule has 0 rings (SSSR count). The van der Waals surface area contributed by atoms with Gasteiger partial charge in [0.15, 0.2) is 0 Å². The molecular formula is C17H32O2. The van der Waals surface area contributed by atoms with E-state index >= 15 is 0 Å². The molecule has 0 aliphatic heterocycles. The number of rotatable bonds is 9. The van der Waals surface area contributed by atoms with E-state index in [4.69, 9.17) is 6.42 Å². The first-order chi connectivity index (χ1) is 8.89. The standard InChI is InChI=1S/C10H18O.C7H14O/c1-4-6-7-9-10(3,11)8-5-2;1-3-4-5-6-7(2)8/h2,11H,4,6-9H2,1,3H3;3-6H2,1-2H3. The fourth-order valence-electron chi connectivity index (χ4n) is 1.69. The zero-order valence-electron chi connectivity index (χ0n) is 13.3. The maximum atomic E-state index is 10.3. The van der Waals surface area contributed by atoms with Gasteiger partial charge in [0.2, 0.25) is 0 Å². The van der Waals surface area contributed by atoms with Crippen LogP contribution in [0.2, 0.25) is 0 Å². The summed E-state index contributed by atoms with van der Waals surface area (Å²) in [5.74, 6) is 2.80. The molecular weight excluding hydrogens is 236 g/mol. The summed E-state index contributed by atoms with van der Waals surface area (Å²) in [5, 5.41) is 9.60. The molecule has 0 heterocycles. The van der Waals surface area contributed by atoms with Crippen molar-refractivity contribution < 1.29 is 9.90 Å². The van der Waals surface area contributed by atoms with Gasteiger partial charge in [0.25, 0.3) is 0 Å². The molecule has 0 aromatic carbocycles. The second-order valence-electron chi connectivity index (χ2n) is 5.49. The fourth-order valence-corrected chi connectivity index (χ4v) is 1.69. The Labute approximate surface area is 120 Å². The second-order valence-corrected chi connectivity index (χ2v) is 5.49. The van der Waals surface area contributed by atoms with E-state index in [1.54, 1.807) is 6.92 Å². The topological polar surface area (TPSA) is 37.3 Å². The van der Waals surface area contributed by atoms with Gasteiger partial charge in [0.05, 0.1) is 5.60 Å². The number of Topliss-reactive ketones (excluding diaryl/α,β-unsaturated/α-hetero) is 1. The van der Waals surface area contributed by atoms with Crippen molar-refractivity contribution in [3.63, 3.8) is 0 Å². The van der Waals surface area contributed by atoms with Gasteiger partial charge in [0.1, 0.15) is 5.78 Å². The van der Waals surface area contributed by atoms with Gasteiger partial charge in [-0.2, -0.15) is 0 Å². The Kier molecular flexibility index (Phi) is 14.7. The Morgan fingerprint density at radius 1 is 1.16 bits per heavy atom. The summed E-state index contributed by atoms with van der Waals surface area (Å²) in [6, 6.07) is 0. The van der Waals surface area contributed by atoms with Crippen LogP contribution in [0.1, 0.15) is 85.5 Å². The summed E-state index contributed by atoms with van der Waals surface area (Å²) in [4.78, 5) is 10.3. The number of unbranched alkanes of at least 4 members (excludes halogenated alkanes) is 4. The van der Waals surface area contributed by atoms with E-state index in [9.17, 15) is 9.90 Å². The molecule has 0 aliphatic carbocycles. The van der Waals surface area contributed by atoms with E-state index in [-0.39, 0.29) is 0 Å². The highest BCUT2D eigenvalue weighted by atomic mass is 16.3. The quantitative estimate of drug-likeness (QED) is 0.494. The van der Waals surface area contributed by atoms with Gasteiger partial charge in [-0.25, -0.2) is 0 Å². The maximum absolute atomic E-state index is 10.3. The van der Waals surface area contributed by atoms with Crippen LogP contribution in [0.3, 0.4) is 0 Å². The Balaban J connectivity index is 0. The lowest BCUT2D eigenvalue weighted by atomic mass is 9.95. The van der Waals surface area contributed by atoms with Gasteiger partial charge >= 0.3 is 0 Å². The number of hydrogen-bond donors (Lipinski definition) is 1. The van der Waals surface area contributed by atoms with E-state index in [1.165, 1.54) is 25.7 Å². The van der Waals surface area contributed by atoms with Crippen molar-refractivity contribution in [2.24, 2.45) is 0 Å². The van der Waals surface area contributed by atoms with Gasteiger partial charge < -0.3 is 9.90 Å². The molecule has 0 fully saturated rings. The molecule has 1 N–H and O–H groups in total. The number of carbonyl (C=O) groups is 1. The normalized spacial score (nSPS) is 12.8. The minimum atomic E-state index is -0.635. The Morgan fingerprint density at radius 2 is 1.68 bits per heavy atom. The van der Waals surface area contributed by atoms with Crippen molar-refractivity contribution in [3.05, 3.63) is 0 Å².